The van der Waals surface area contributed by atoms with Crippen molar-refractivity contribution in [2.75, 3.05) is 0 Å². The van der Waals surface area contributed by atoms with Crippen molar-refractivity contribution in [3.63, 3.8) is 0 Å². The first-order valence-electron chi connectivity index (χ1n) is 12.8. The second kappa shape index (κ2) is 18.5. The number of hydrogen-bond acceptors (Lipinski definition) is 4. The summed E-state index contributed by atoms with van der Waals surface area (Å²) in [5.41, 5.74) is 2.73. The van der Waals surface area contributed by atoms with Crippen LogP contribution in [0.15, 0.2) is 18.2 Å². The molecule has 0 bridgehead atoms. The molecule has 0 unspecified atom stereocenters. The van der Waals surface area contributed by atoms with Crippen molar-refractivity contribution < 1.29 is 9.42 Å². The van der Waals surface area contributed by atoms with E-state index in [9.17, 15) is 4.89 Å². The predicted molar refractivity (Wildman–Crippen MR) is 141 cm³/mol. The van der Waals surface area contributed by atoms with E-state index in [2.05, 4.69) is 19.9 Å². The standard InChI is InChI=1S/C26H47O2PS2/c1-3-5-7-9-11-13-15-17-19-24-21-22-26(28-29(27,30)31)23-25(24)20-18-16-14-12-10-8-6-4-2/h21-23H,3-20H2,1-2H3,(H2,27,30,31)/p-2. The lowest BCUT2D eigenvalue weighted by atomic mass is 9.96. The van der Waals surface area contributed by atoms with Gasteiger partial charge in [-0.3, -0.25) is 0 Å². The van der Waals surface area contributed by atoms with Crippen LogP contribution >= 0.6 is 6.12 Å². The van der Waals surface area contributed by atoms with Crippen LogP contribution in [-0.4, -0.2) is 0 Å². The molecule has 31 heavy (non-hydrogen) atoms. The van der Waals surface area contributed by atoms with Gasteiger partial charge in [0.2, 0.25) is 0 Å². The van der Waals surface area contributed by atoms with Crippen molar-refractivity contribution in [2.24, 2.45) is 0 Å². The van der Waals surface area contributed by atoms with Crippen LogP contribution in [0.25, 0.3) is 0 Å². The van der Waals surface area contributed by atoms with E-state index in [1.807, 2.05) is 12.1 Å². The quantitative estimate of drug-likeness (QED) is 0.105. The molecule has 0 saturated heterocycles. The third-order valence-corrected chi connectivity index (χ3v) is 6.88. The zero-order valence-corrected chi connectivity index (χ0v) is 22.6. The first kappa shape index (κ1) is 29.1. The van der Waals surface area contributed by atoms with Crippen LogP contribution in [0.1, 0.15) is 128 Å². The second-order valence-electron chi connectivity index (χ2n) is 8.92. The number of aryl methyl sites for hydroxylation is 2. The molecule has 1 rings (SSSR count). The molecule has 1 aromatic rings. The Morgan fingerprint density at radius 3 is 1.52 bits per heavy atom. The normalized spacial score (nSPS) is 11.8. The van der Waals surface area contributed by atoms with Crippen LogP contribution in [0.5, 0.6) is 5.75 Å². The first-order chi connectivity index (χ1) is 15.0. The fourth-order valence-corrected chi connectivity index (χ4v) is 5.05. The van der Waals surface area contributed by atoms with Gasteiger partial charge in [-0.15, -0.1) is 6.12 Å². The topological polar surface area (TPSA) is 32.3 Å². The molecule has 0 aliphatic rings. The number of rotatable bonds is 20. The summed E-state index contributed by atoms with van der Waals surface area (Å²) in [7, 11) is 0. The Balaban J connectivity index is 2.45. The van der Waals surface area contributed by atoms with Gasteiger partial charge in [-0.05, 0) is 48.9 Å². The molecular formula is C26H45O2PS2-2. The van der Waals surface area contributed by atoms with Crippen molar-refractivity contribution in [3.8, 4) is 5.75 Å². The Morgan fingerprint density at radius 2 is 1.06 bits per heavy atom. The van der Waals surface area contributed by atoms with Crippen LogP contribution in [-0.2, 0) is 37.3 Å². The maximum absolute atomic E-state index is 11.7. The first-order valence-corrected chi connectivity index (χ1v) is 16.4. The Morgan fingerprint density at radius 1 is 0.645 bits per heavy atom. The monoisotopic (exact) mass is 484 g/mol. The van der Waals surface area contributed by atoms with Gasteiger partial charge in [-0.1, -0.05) is 110 Å². The van der Waals surface area contributed by atoms with Gasteiger partial charge >= 0.3 is 0 Å². The second-order valence-corrected chi connectivity index (χ2v) is 13.6. The SMILES string of the molecule is CCCCCCCCCCc1ccc(O[P+]([O-])([S-])[S-])cc1CCCCCCCCCC. The molecule has 0 N–H and O–H groups in total. The molecule has 1 aromatic carbocycles. The molecule has 0 aromatic heterocycles. The van der Waals surface area contributed by atoms with Crippen molar-refractivity contribution in [3.05, 3.63) is 29.3 Å². The smallest absolute Gasteiger partial charge is 0.168 e. The Bertz CT molecular complexity index is 561. The van der Waals surface area contributed by atoms with E-state index in [-0.39, 0.29) is 0 Å². The summed E-state index contributed by atoms with van der Waals surface area (Å²) >= 11 is 9.59. The molecular weight excluding hydrogens is 439 g/mol. The third-order valence-electron chi connectivity index (χ3n) is 5.99. The Kier molecular flexibility index (Phi) is 17.4. The van der Waals surface area contributed by atoms with Crippen LogP contribution in [0.4, 0.5) is 0 Å². The maximum atomic E-state index is 11.7. The minimum absolute atomic E-state index is 0.572. The van der Waals surface area contributed by atoms with Crippen molar-refractivity contribution in [1.29, 1.82) is 0 Å². The van der Waals surface area contributed by atoms with E-state index < -0.39 is 6.12 Å². The molecule has 0 amide bonds. The molecule has 0 aliphatic heterocycles. The van der Waals surface area contributed by atoms with E-state index in [4.69, 9.17) is 29.0 Å². The fraction of sp³-hybridized carbons (Fsp3) is 0.769. The van der Waals surface area contributed by atoms with Gasteiger partial charge in [-0.2, -0.15) is 0 Å². The Labute approximate surface area is 204 Å². The summed E-state index contributed by atoms with van der Waals surface area (Å²) < 4.78 is 5.35. The molecule has 0 spiro atoms. The summed E-state index contributed by atoms with van der Waals surface area (Å²) in [6, 6.07) is 6.06. The van der Waals surface area contributed by atoms with Gasteiger partial charge in [-0.25, -0.2) is 0 Å². The van der Waals surface area contributed by atoms with Crippen LogP contribution < -0.4 is 9.42 Å². The molecule has 0 atom stereocenters. The number of benzene rings is 1. The van der Waals surface area contributed by atoms with E-state index in [1.54, 1.807) is 0 Å². The van der Waals surface area contributed by atoms with Crippen LogP contribution in [0, 0.1) is 0 Å². The summed E-state index contributed by atoms with van der Waals surface area (Å²) in [4.78, 5) is 11.7. The zero-order chi connectivity index (χ0) is 22.8. The summed E-state index contributed by atoms with van der Waals surface area (Å²) in [6.07, 6.45) is 20.1. The van der Waals surface area contributed by atoms with Gasteiger partial charge < -0.3 is 33.9 Å². The summed E-state index contributed by atoms with van der Waals surface area (Å²) in [5.74, 6) is 0.572. The third kappa shape index (κ3) is 16.4. The average molecular weight is 485 g/mol. The summed E-state index contributed by atoms with van der Waals surface area (Å²) in [6.45, 7) is 4.53. The highest BCUT2D eigenvalue weighted by atomic mass is 33.1. The lowest BCUT2D eigenvalue weighted by Crippen LogP contribution is -2.09. The van der Waals surface area contributed by atoms with Crippen molar-refractivity contribution >= 4 is 30.6 Å². The predicted octanol–water partition coefficient (Wildman–Crippen LogP) is 8.56. The zero-order valence-electron chi connectivity index (χ0n) is 20.0. The van der Waals surface area contributed by atoms with E-state index >= 15 is 0 Å². The van der Waals surface area contributed by atoms with Crippen LogP contribution in [0.3, 0.4) is 0 Å². The number of unbranched alkanes of at least 4 members (excludes halogenated alkanes) is 14. The fourth-order valence-electron chi connectivity index (χ4n) is 4.16. The highest BCUT2D eigenvalue weighted by Gasteiger charge is 2.08. The lowest BCUT2D eigenvalue weighted by Gasteiger charge is -2.42. The van der Waals surface area contributed by atoms with Gasteiger partial charge in [0.25, 0.3) is 0 Å². The molecule has 5 heteroatoms. The minimum atomic E-state index is -3.35. The minimum Gasteiger partial charge on any atom is -0.682 e. The maximum Gasteiger partial charge on any atom is 0.168 e. The van der Waals surface area contributed by atoms with Crippen LogP contribution in [0.2, 0.25) is 0 Å². The van der Waals surface area contributed by atoms with Crippen molar-refractivity contribution in [1.82, 2.24) is 0 Å². The number of hydrogen-bond donors (Lipinski definition) is 0. The molecule has 0 aliphatic carbocycles. The molecule has 0 fully saturated rings. The van der Waals surface area contributed by atoms with Gasteiger partial charge in [0, 0.05) is 0 Å². The van der Waals surface area contributed by atoms with Gasteiger partial charge in [0.05, 0.1) is 0 Å². The van der Waals surface area contributed by atoms with E-state index in [0.717, 1.165) is 12.8 Å². The summed E-state index contributed by atoms with van der Waals surface area (Å²) in [5, 5.41) is 0. The van der Waals surface area contributed by atoms with E-state index in [0.29, 0.717) is 5.75 Å². The lowest BCUT2D eigenvalue weighted by molar-refractivity contribution is -0.169. The molecule has 2 nitrogen and oxygen atoms in total. The highest BCUT2D eigenvalue weighted by Crippen LogP contribution is 2.46. The highest BCUT2D eigenvalue weighted by molar-refractivity contribution is 8.69. The Hall–Kier alpha value is 0.110. The molecule has 0 heterocycles. The van der Waals surface area contributed by atoms with Gasteiger partial charge in [0.1, 0.15) is 0 Å². The average Bonchev–Trinajstić information content (AvgIpc) is 2.72. The largest absolute Gasteiger partial charge is 0.682 e. The van der Waals surface area contributed by atoms with Crippen molar-refractivity contribution in [2.45, 2.75) is 129 Å². The van der Waals surface area contributed by atoms with Gasteiger partial charge in [0.15, 0.2) is 5.75 Å². The van der Waals surface area contributed by atoms with E-state index in [1.165, 1.54) is 114 Å². The molecule has 0 radical (unpaired) electrons. The molecule has 0 saturated carbocycles. The molecule has 180 valence electrons.